The van der Waals surface area contributed by atoms with Crippen LogP contribution in [-0.2, 0) is 20.8 Å². The van der Waals surface area contributed by atoms with E-state index in [0.717, 1.165) is 31.5 Å². The zero-order chi connectivity index (χ0) is 28.5. The van der Waals surface area contributed by atoms with Gasteiger partial charge in [0.2, 0.25) is 5.78 Å². The smallest absolute Gasteiger partial charge is 0.255 e. The van der Waals surface area contributed by atoms with Crippen molar-refractivity contribution in [2.24, 2.45) is 17.6 Å². The number of rotatable bonds is 4. The van der Waals surface area contributed by atoms with Crippen LogP contribution in [0.15, 0.2) is 46.0 Å². The van der Waals surface area contributed by atoms with Gasteiger partial charge in [0.1, 0.15) is 22.8 Å². The Morgan fingerprint density at radius 1 is 1.18 bits per heavy atom. The highest BCUT2D eigenvalue weighted by Crippen LogP contribution is 2.54. The average molecular weight is 550 g/mol. The maximum Gasteiger partial charge on any atom is 0.255 e. The molecule has 2 heterocycles. The summed E-state index contributed by atoms with van der Waals surface area (Å²) < 4.78 is 5.32. The van der Waals surface area contributed by atoms with Crippen LogP contribution in [0.25, 0.3) is 16.9 Å². The molecule has 0 spiro atoms. The zero-order valence-electron chi connectivity index (χ0n) is 21.9. The van der Waals surface area contributed by atoms with Gasteiger partial charge >= 0.3 is 0 Å². The third-order valence-electron chi connectivity index (χ3n) is 8.97. The number of piperidine rings is 1. The number of benzene rings is 1. The van der Waals surface area contributed by atoms with Crippen LogP contribution >= 0.6 is 0 Å². The van der Waals surface area contributed by atoms with Gasteiger partial charge in [-0.3, -0.25) is 14.4 Å². The first-order chi connectivity index (χ1) is 19.0. The number of carbonyl (C=O) groups is 3. The Bertz CT molecular complexity index is 1500. The van der Waals surface area contributed by atoms with Crippen LogP contribution in [0.4, 0.5) is 5.69 Å². The van der Waals surface area contributed by atoms with Crippen molar-refractivity contribution in [1.29, 1.82) is 0 Å². The Balaban J connectivity index is 1.50. The predicted octanol–water partition coefficient (Wildman–Crippen LogP) is 2.19. The Morgan fingerprint density at radius 3 is 2.55 bits per heavy atom. The van der Waals surface area contributed by atoms with Gasteiger partial charge < -0.3 is 40.8 Å². The Labute approximate surface area is 229 Å². The summed E-state index contributed by atoms with van der Waals surface area (Å²) in [6, 6.07) is 3.66. The minimum atomic E-state index is -2.59. The number of anilines is 1. The summed E-state index contributed by atoms with van der Waals surface area (Å²) in [5.74, 6) is -6.47. The van der Waals surface area contributed by atoms with E-state index >= 15 is 0 Å². The molecular weight excluding hydrogens is 518 g/mol. The van der Waals surface area contributed by atoms with E-state index in [0.29, 0.717) is 16.8 Å². The maximum atomic E-state index is 13.8. The number of amides is 1. The lowest BCUT2D eigenvalue weighted by atomic mass is 9.59. The maximum absolute atomic E-state index is 13.8. The summed E-state index contributed by atoms with van der Waals surface area (Å²) in [4.78, 5) is 40.5. The van der Waals surface area contributed by atoms with Gasteiger partial charge in [0.15, 0.2) is 11.4 Å². The number of aliphatic hydroxyl groups is 3. The lowest BCUT2D eigenvalue weighted by Gasteiger charge is -2.46. The van der Waals surface area contributed by atoms with Gasteiger partial charge in [-0.2, -0.15) is 0 Å². The number of aromatic hydroxyl groups is 1. The molecule has 7 N–H and O–H groups in total. The van der Waals surface area contributed by atoms with Crippen molar-refractivity contribution in [3.63, 3.8) is 0 Å². The van der Waals surface area contributed by atoms with Crippen molar-refractivity contribution in [2.75, 3.05) is 25.5 Å². The number of likely N-dealkylation sites (tertiary alicyclic amines) is 1. The lowest BCUT2D eigenvalue weighted by Crippen LogP contribution is -2.58. The molecule has 1 aromatic carbocycles. The van der Waals surface area contributed by atoms with Crippen molar-refractivity contribution >= 4 is 28.9 Å². The van der Waals surface area contributed by atoms with Crippen LogP contribution < -0.4 is 11.1 Å². The first-order valence-corrected chi connectivity index (χ1v) is 13.4. The largest absolute Gasteiger partial charge is 0.508 e. The molecule has 1 amide bonds. The van der Waals surface area contributed by atoms with Crippen molar-refractivity contribution < 1.29 is 39.2 Å². The van der Waals surface area contributed by atoms with Crippen molar-refractivity contribution in [1.82, 2.24) is 4.90 Å². The highest BCUT2D eigenvalue weighted by Gasteiger charge is 2.60. The lowest BCUT2D eigenvalue weighted by molar-refractivity contribution is -0.147. The van der Waals surface area contributed by atoms with Crippen LogP contribution in [0.5, 0.6) is 5.75 Å². The topological polar surface area (TPSA) is 187 Å². The number of nitrogens with two attached hydrogens (primary N) is 1. The van der Waals surface area contributed by atoms with Gasteiger partial charge in [0.25, 0.3) is 5.91 Å². The zero-order valence-corrected chi connectivity index (χ0v) is 21.9. The van der Waals surface area contributed by atoms with E-state index in [-0.39, 0.29) is 42.2 Å². The molecule has 1 saturated carbocycles. The molecule has 3 atom stereocenters. The van der Waals surface area contributed by atoms with Crippen LogP contribution in [0.3, 0.4) is 0 Å². The molecule has 0 radical (unpaired) electrons. The minimum absolute atomic E-state index is 0.0567. The van der Waals surface area contributed by atoms with Crippen LogP contribution in [0, 0.1) is 11.8 Å². The highest BCUT2D eigenvalue weighted by atomic mass is 16.3. The van der Waals surface area contributed by atoms with E-state index in [2.05, 4.69) is 10.2 Å². The predicted molar refractivity (Wildman–Crippen MR) is 143 cm³/mol. The van der Waals surface area contributed by atoms with Gasteiger partial charge in [-0.25, -0.2) is 0 Å². The number of carbonyl (C=O) groups excluding carboxylic acids is 3. The number of fused-ring (bicyclic) bond motifs is 3. The fraction of sp³-hybridized carbons (Fsp3) is 0.414. The number of primary amides is 1. The number of furan rings is 1. The number of phenolic OH excluding ortho intramolecular Hbond substituents is 1. The molecule has 210 valence electrons. The average Bonchev–Trinajstić information content (AvgIpc) is 3.43. The SMILES string of the molecule is CN1CCC(Nc2cc(-c3ccoc3)c3c(c2O)C(O)=C2C(=O)C4(O)C(O)=C(C(N)=O)C(=O)CC4CC2C3)CC1. The molecule has 0 bridgehead atoms. The quantitative estimate of drug-likeness (QED) is 0.244. The second-order valence-corrected chi connectivity index (χ2v) is 11.3. The summed E-state index contributed by atoms with van der Waals surface area (Å²) in [5.41, 5.74) is 4.16. The second-order valence-electron chi connectivity index (χ2n) is 11.3. The van der Waals surface area contributed by atoms with Gasteiger partial charge in [-0.15, -0.1) is 0 Å². The molecule has 1 saturated heterocycles. The number of aliphatic hydroxyl groups excluding tert-OH is 2. The summed E-state index contributed by atoms with van der Waals surface area (Å²) in [6.07, 6.45) is 4.71. The molecule has 11 heteroatoms. The Morgan fingerprint density at radius 2 is 1.90 bits per heavy atom. The second kappa shape index (κ2) is 9.24. The molecule has 3 unspecified atom stereocenters. The summed E-state index contributed by atoms with van der Waals surface area (Å²) in [6.45, 7) is 1.77. The number of hydrogen-bond donors (Lipinski definition) is 6. The first-order valence-electron chi connectivity index (χ1n) is 13.4. The number of nitrogens with one attached hydrogen (secondary N) is 1. The summed E-state index contributed by atoms with van der Waals surface area (Å²) >= 11 is 0. The van der Waals surface area contributed by atoms with Gasteiger partial charge in [-0.05, 0) is 75.0 Å². The fourth-order valence-electron chi connectivity index (χ4n) is 6.85. The number of hydrogen-bond acceptors (Lipinski definition) is 10. The van der Waals surface area contributed by atoms with E-state index in [9.17, 15) is 34.8 Å². The first kappa shape index (κ1) is 26.1. The Hall–Kier alpha value is -4.09. The minimum Gasteiger partial charge on any atom is -0.508 e. The van der Waals surface area contributed by atoms with E-state index in [1.807, 2.05) is 13.1 Å². The van der Waals surface area contributed by atoms with E-state index in [1.165, 1.54) is 6.26 Å². The summed E-state index contributed by atoms with van der Waals surface area (Å²) in [5, 5.41) is 48.7. The number of ketones is 2. The van der Waals surface area contributed by atoms with E-state index < -0.39 is 52.0 Å². The number of phenols is 1. The molecule has 1 aromatic heterocycles. The molecule has 1 aliphatic heterocycles. The Kier molecular flexibility index (Phi) is 6.04. The molecule has 6 rings (SSSR count). The number of nitrogens with zero attached hydrogens (tertiary/aromatic N) is 1. The monoisotopic (exact) mass is 549 g/mol. The van der Waals surface area contributed by atoms with Gasteiger partial charge in [-0.1, -0.05) is 0 Å². The molecule has 2 aromatic rings. The molecule has 4 aliphatic rings. The van der Waals surface area contributed by atoms with Crippen molar-refractivity contribution in [2.45, 2.75) is 43.7 Å². The van der Waals surface area contributed by atoms with Crippen LogP contribution in [0.1, 0.15) is 36.8 Å². The standard InChI is InChI=1S/C29H31N3O8/c1-32-5-2-16(3-6-32)31-19-11-17(13-4-7-40-12-13)18-9-14-8-15-10-20(33)23(28(30)38)27(37)29(15,39)26(36)21(14)25(35)22(18)24(19)34/h4,7,11-12,14-16,31,34-35,37,39H,2-3,5-6,8-10H2,1H3,(H2,30,38). The molecule has 3 aliphatic carbocycles. The third-order valence-corrected chi connectivity index (χ3v) is 8.97. The van der Waals surface area contributed by atoms with Gasteiger partial charge in [0, 0.05) is 29.5 Å². The molecule has 11 nitrogen and oxygen atoms in total. The van der Waals surface area contributed by atoms with E-state index in [1.54, 1.807) is 12.3 Å². The number of Topliss-reactive ketones (excluding diaryl/α,β-unsaturated/α-hetero) is 2. The van der Waals surface area contributed by atoms with E-state index in [4.69, 9.17) is 10.2 Å². The molecule has 2 fully saturated rings. The third kappa shape index (κ3) is 3.75. The van der Waals surface area contributed by atoms with Crippen LogP contribution in [0.2, 0.25) is 0 Å². The molecular formula is C29H31N3O8. The van der Waals surface area contributed by atoms with Crippen molar-refractivity contribution in [3.8, 4) is 16.9 Å². The highest BCUT2D eigenvalue weighted by molar-refractivity contribution is 6.22. The van der Waals surface area contributed by atoms with Gasteiger partial charge in [0.05, 0.1) is 23.8 Å². The summed E-state index contributed by atoms with van der Waals surface area (Å²) in [7, 11) is 2.05. The fourth-order valence-corrected chi connectivity index (χ4v) is 6.85. The van der Waals surface area contributed by atoms with Crippen LogP contribution in [-0.4, -0.2) is 74.6 Å². The normalized spacial score (nSPS) is 27.4. The van der Waals surface area contributed by atoms with Crippen molar-refractivity contribution in [3.05, 3.63) is 52.7 Å². The molecule has 40 heavy (non-hydrogen) atoms.